The monoisotopic (exact) mass is 586 g/mol. The Kier molecular flexibility index (Phi) is 5.12. The predicted octanol–water partition coefficient (Wildman–Crippen LogP) is 12.7. The van der Waals surface area contributed by atoms with Crippen molar-refractivity contribution in [1.82, 2.24) is 0 Å². The Hall–Kier alpha value is -5.66. The Bertz CT molecular complexity index is 2720. The summed E-state index contributed by atoms with van der Waals surface area (Å²) in [6.07, 6.45) is 0. The van der Waals surface area contributed by atoms with E-state index in [1.807, 2.05) is 0 Å². The molecule has 10 rings (SSSR count). The number of furan rings is 1. The smallest absolute Gasteiger partial charge is 0.136 e. The molecule has 0 unspecified atom stereocenters. The molecule has 1 heterocycles. The third-order valence-corrected chi connectivity index (χ3v) is 10.4. The molecule has 0 aliphatic heterocycles. The van der Waals surface area contributed by atoms with Gasteiger partial charge in [0, 0.05) is 16.2 Å². The Balaban J connectivity index is 1.25. The van der Waals surface area contributed by atoms with Gasteiger partial charge < -0.3 is 4.42 Å². The van der Waals surface area contributed by atoms with Crippen LogP contribution in [0.15, 0.2) is 150 Å². The molecular formula is C45H30O. The van der Waals surface area contributed by atoms with Crippen molar-refractivity contribution in [3.8, 4) is 33.4 Å². The van der Waals surface area contributed by atoms with Crippen LogP contribution < -0.4 is 0 Å². The topological polar surface area (TPSA) is 13.1 Å². The van der Waals surface area contributed by atoms with Crippen molar-refractivity contribution in [2.75, 3.05) is 0 Å². The fourth-order valence-electron chi connectivity index (χ4n) is 8.19. The Morgan fingerprint density at radius 1 is 0.413 bits per heavy atom. The van der Waals surface area contributed by atoms with Gasteiger partial charge in [-0.3, -0.25) is 0 Å². The van der Waals surface area contributed by atoms with Crippen LogP contribution in [0.1, 0.15) is 25.0 Å². The van der Waals surface area contributed by atoms with Gasteiger partial charge in [-0.15, -0.1) is 0 Å². The van der Waals surface area contributed by atoms with E-state index in [9.17, 15) is 0 Å². The van der Waals surface area contributed by atoms with Crippen LogP contribution in [-0.4, -0.2) is 0 Å². The number of rotatable bonds is 2. The van der Waals surface area contributed by atoms with E-state index in [1.165, 1.54) is 82.2 Å². The lowest BCUT2D eigenvalue weighted by Crippen LogP contribution is -2.15. The van der Waals surface area contributed by atoms with Gasteiger partial charge in [0.15, 0.2) is 0 Å². The Morgan fingerprint density at radius 3 is 1.93 bits per heavy atom. The van der Waals surface area contributed by atoms with Crippen molar-refractivity contribution < 1.29 is 4.42 Å². The third-order valence-electron chi connectivity index (χ3n) is 10.4. The van der Waals surface area contributed by atoms with Crippen LogP contribution in [0.3, 0.4) is 0 Å². The second-order valence-corrected chi connectivity index (χ2v) is 13.3. The van der Waals surface area contributed by atoms with Crippen LogP contribution in [0, 0.1) is 0 Å². The molecule has 0 atom stereocenters. The molecule has 1 aliphatic rings. The van der Waals surface area contributed by atoms with Crippen molar-refractivity contribution in [2.45, 2.75) is 19.3 Å². The quantitative estimate of drug-likeness (QED) is 0.196. The number of hydrogen-bond acceptors (Lipinski definition) is 1. The van der Waals surface area contributed by atoms with Crippen LogP contribution in [0.4, 0.5) is 0 Å². The molecule has 0 fully saturated rings. The van der Waals surface area contributed by atoms with Crippen LogP contribution >= 0.6 is 0 Å². The summed E-state index contributed by atoms with van der Waals surface area (Å²) in [7, 11) is 0. The molecule has 0 amide bonds. The highest BCUT2D eigenvalue weighted by atomic mass is 16.3. The molecule has 1 nitrogen and oxygen atoms in total. The van der Waals surface area contributed by atoms with Crippen molar-refractivity contribution >= 4 is 54.3 Å². The third kappa shape index (κ3) is 3.46. The molecule has 8 aromatic carbocycles. The van der Waals surface area contributed by atoms with E-state index in [0.717, 1.165) is 16.6 Å². The fourth-order valence-corrected chi connectivity index (χ4v) is 8.19. The molecule has 46 heavy (non-hydrogen) atoms. The molecule has 0 bridgehead atoms. The highest BCUT2D eigenvalue weighted by Crippen LogP contribution is 2.56. The zero-order valence-electron chi connectivity index (χ0n) is 25.8. The second-order valence-electron chi connectivity index (χ2n) is 13.3. The standard InChI is InChI=1S/C45H30O/c1-45(2)38-24-31(33-18-10-20-40-42(33)37-23-28-12-3-4-13-29(28)26-41(37)46-40)21-22-36(38)44-39(45)25-30-14-6-8-17-34(30)43(44)35-19-9-15-27-11-5-7-16-32(27)35/h3-26H,1-2H3. The van der Waals surface area contributed by atoms with Gasteiger partial charge in [-0.1, -0.05) is 129 Å². The minimum Gasteiger partial charge on any atom is -0.456 e. The first-order chi connectivity index (χ1) is 22.6. The molecule has 1 aromatic heterocycles. The number of benzene rings is 8. The summed E-state index contributed by atoms with van der Waals surface area (Å²) >= 11 is 0. The van der Waals surface area contributed by atoms with Crippen LogP contribution in [-0.2, 0) is 5.41 Å². The van der Waals surface area contributed by atoms with Gasteiger partial charge in [0.1, 0.15) is 11.2 Å². The molecule has 1 aliphatic carbocycles. The van der Waals surface area contributed by atoms with E-state index < -0.39 is 0 Å². The largest absolute Gasteiger partial charge is 0.456 e. The average molecular weight is 587 g/mol. The first kappa shape index (κ1) is 25.6. The summed E-state index contributed by atoms with van der Waals surface area (Å²) in [6.45, 7) is 4.78. The summed E-state index contributed by atoms with van der Waals surface area (Å²) in [5.74, 6) is 0. The molecule has 0 spiro atoms. The lowest BCUT2D eigenvalue weighted by atomic mass is 9.79. The van der Waals surface area contributed by atoms with Gasteiger partial charge in [0.05, 0.1) is 0 Å². The highest BCUT2D eigenvalue weighted by molar-refractivity contribution is 6.16. The zero-order valence-corrected chi connectivity index (χ0v) is 25.8. The molecular weight excluding hydrogens is 556 g/mol. The fraction of sp³-hybridized carbons (Fsp3) is 0.0667. The summed E-state index contributed by atoms with van der Waals surface area (Å²) < 4.78 is 6.45. The van der Waals surface area contributed by atoms with Crippen LogP contribution in [0.25, 0.3) is 87.6 Å². The second kappa shape index (κ2) is 9.19. The normalized spacial score (nSPS) is 13.6. The van der Waals surface area contributed by atoms with E-state index in [2.05, 4.69) is 159 Å². The van der Waals surface area contributed by atoms with E-state index >= 15 is 0 Å². The van der Waals surface area contributed by atoms with Gasteiger partial charge >= 0.3 is 0 Å². The van der Waals surface area contributed by atoms with Gasteiger partial charge in [-0.25, -0.2) is 0 Å². The maximum atomic E-state index is 6.45. The Morgan fingerprint density at radius 2 is 1.09 bits per heavy atom. The van der Waals surface area contributed by atoms with E-state index in [-0.39, 0.29) is 5.41 Å². The molecule has 9 aromatic rings. The maximum absolute atomic E-state index is 6.45. The molecule has 0 saturated heterocycles. The zero-order chi connectivity index (χ0) is 30.6. The first-order valence-electron chi connectivity index (χ1n) is 16.1. The number of hydrogen-bond donors (Lipinski definition) is 0. The first-order valence-corrected chi connectivity index (χ1v) is 16.1. The van der Waals surface area contributed by atoms with Gasteiger partial charge in [-0.05, 0) is 107 Å². The molecule has 216 valence electrons. The average Bonchev–Trinajstić information content (AvgIpc) is 3.57. The van der Waals surface area contributed by atoms with E-state index in [1.54, 1.807) is 0 Å². The Labute approximate surface area is 267 Å². The van der Waals surface area contributed by atoms with Gasteiger partial charge in [-0.2, -0.15) is 0 Å². The molecule has 0 saturated carbocycles. The predicted molar refractivity (Wildman–Crippen MR) is 195 cm³/mol. The summed E-state index contributed by atoms with van der Waals surface area (Å²) in [6, 6.07) is 53.4. The van der Waals surface area contributed by atoms with Gasteiger partial charge in [0.25, 0.3) is 0 Å². The highest BCUT2D eigenvalue weighted by Gasteiger charge is 2.38. The summed E-state index contributed by atoms with van der Waals surface area (Å²) in [5.41, 5.74) is 12.2. The van der Waals surface area contributed by atoms with E-state index in [4.69, 9.17) is 4.42 Å². The summed E-state index contributed by atoms with van der Waals surface area (Å²) in [5, 5.41) is 9.91. The minimum absolute atomic E-state index is 0.174. The maximum Gasteiger partial charge on any atom is 0.136 e. The SMILES string of the molecule is CC1(C)c2cc(-c3cccc4oc5cc6ccccc6cc5c34)ccc2-c2c1cc1ccccc1c2-c1cccc2ccccc12. The molecule has 0 radical (unpaired) electrons. The van der Waals surface area contributed by atoms with Crippen molar-refractivity contribution in [3.63, 3.8) is 0 Å². The lowest BCUT2D eigenvalue weighted by molar-refractivity contribution is 0.661. The molecule has 1 heteroatoms. The van der Waals surface area contributed by atoms with E-state index in [0.29, 0.717) is 0 Å². The molecule has 0 N–H and O–H groups in total. The van der Waals surface area contributed by atoms with Crippen LogP contribution in [0.2, 0.25) is 0 Å². The minimum atomic E-state index is -0.174. The number of fused-ring (bicyclic) bond motifs is 9. The van der Waals surface area contributed by atoms with Gasteiger partial charge in [0.2, 0.25) is 0 Å². The lowest BCUT2D eigenvalue weighted by Gasteiger charge is -2.23. The van der Waals surface area contributed by atoms with Crippen LogP contribution in [0.5, 0.6) is 0 Å². The van der Waals surface area contributed by atoms with Crippen molar-refractivity contribution in [2.24, 2.45) is 0 Å². The van der Waals surface area contributed by atoms with Crippen molar-refractivity contribution in [3.05, 3.63) is 157 Å². The summed E-state index contributed by atoms with van der Waals surface area (Å²) in [4.78, 5) is 0. The van der Waals surface area contributed by atoms with Crippen molar-refractivity contribution in [1.29, 1.82) is 0 Å².